The summed E-state index contributed by atoms with van der Waals surface area (Å²) in [5.41, 5.74) is 8.12. The fourth-order valence-corrected chi connectivity index (χ4v) is 2.28. The Balaban J connectivity index is 1.88. The van der Waals surface area contributed by atoms with Crippen LogP contribution < -0.4 is 10.5 Å². The van der Waals surface area contributed by atoms with Gasteiger partial charge in [-0.1, -0.05) is 48.5 Å². The van der Waals surface area contributed by atoms with Crippen molar-refractivity contribution in [2.45, 2.75) is 6.42 Å². The van der Waals surface area contributed by atoms with Crippen LogP contribution in [0.5, 0.6) is 11.5 Å². The Kier molecular flexibility index (Phi) is 4.05. The van der Waals surface area contributed by atoms with Crippen molar-refractivity contribution in [1.29, 1.82) is 0 Å². The van der Waals surface area contributed by atoms with Crippen molar-refractivity contribution in [3.8, 4) is 11.5 Å². The summed E-state index contributed by atoms with van der Waals surface area (Å²) < 4.78 is 19.6. The highest BCUT2D eigenvalue weighted by atomic mass is 19.1. The third-order valence-electron chi connectivity index (χ3n) is 3.39. The first kappa shape index (κ1) is 14.1. The Bertz CT molecular complexity index is 771. The van der Waals surface area contributed by atoms with Crippen molar-refractivity contribution in [3.05, 3.63) is 89.7 Å². The molecule has 3 rings (SSSR count). The average molecular weight is 293 g/mol. The molecule has 110 valence electrons. The second kappa shape index (κ2) is 6.31. The summed E-state index contributed by atoms with van der Waals surface area (Å²) in [4.78, 5) is 0. The molecule has 0 saturated heterocycles. The van der Waals surface area contributed by atoms with Gasteiger partial charge in [0.1, 0.15) is 5.75 Å². The molecule has 3 aromatic carbocycles. The van der Waals surface area contributed by atoms with Crippen molar-refractivity contribution in [1.82, 2.24) is 0 Å². The lowest BCUT2D eigenvalue weighted by molar-refractivity contribution is 0.439. The molecule has 0 radical (unpaired) electrons. The van der Waals surface area contributed by atoms with E-state index in [4.69, 9.17) is 10.5 Å². The predicted octanol–water partition coefficient (Wildman–Crippen LogP) is 4.79. The first-order valence-electron chi connectivity index (χ1n) is 7.07. The molecule has 0 aliphatic rings. The van der Waals surface area contributed by atoms with Gasteiger partial charge in [0.2, 0.25) is 0 Å². The molecular formula is C19H16FNO. The summed E-state index contributed by atoms with van der Waals surface area (Å²) in [5.74, 6) is 0.360. The highest BCUT2D eigenvalue weighted by molar-refractivity contribution is 5.46. The van der Waals surface area contributed by atoms with E-state index in [1.165, 1.54) is 11.6 Å². The molecule has 3 heteroatoms. The van der Waals surface area contributed by atoms with Gasteiger partial charge >= 0.3 is 0 Å². The van der Waals surface area contributed by atoms with Crippen LogP contribution in [0.2, 0.25) is 0 Å². The standard InChI is InChI=1S/C19H16FNO/c20-17-13-16(21)10-11-19(17)22-18-9-5-4-8-15(18)12-14-6-2-1-3-7-14/h1-11,13H,12,21H2. The molecule has 0 aliphatic carbocycles. The summed E-state index contributed by atoms with van der Waals surface area (Å²) >= 11 is 0. The van der Waals surface area contributed by atoms with E-state index >= 15 is 0 Å². The molecule has 0 aliphatic heterocycles. The lowest BCUT2D eigenvalue weighted by atomic mass is 10.0. The van der Waals surface area contributed by atoms with Crippen molar-refractivity contribution >= 4 is 5.69 Å². The molecule has 0 atom stereocenters. The fourth-order valence-electron chi connectivity index (χ4n) is 2.28. The van der Waals surface area contributed by atoms with E-state index in [9.17, 15) is 4.39 Å². The zero-order valence-corrected chi connectivity index (χ0v) is 12.0. The van der Waals surface area contributed by atoms with Crippen LogP contribution in [-0.2, 0) is 6.42 Å². The number of ether oxygens (including phenoxy) is 1. The number of anilines is 1. The Morgan fingerprint density at radius 3 is 2.32 bits per heavy atom. The minimum Gasteiger partial charge on any atom is -0.454 e. The number of hydrogen-bond acceptors (Lipinski definition) is 2. The van der Waals surface area contributed by atoms with E-state index in [1.54, 1.807) is 12.1 Å². The van der Waals surface area contributed by atoms with Crippen LogP contribution in [0.25, 0.3) is 0 Å². The minimum absolute atomic E-state index is 0.176. The molecule has 0 spiro atoms. The number of halogens is 1. The fraction of sp³-hybridized carbons (Fsp3) is 0.0526. The predicted molar refractivity (Wildman–Crippen MR) is 86.6 cm³/mol. The number of hydrogen-bond donors (Lipinski definition) is 1. The molecule has 0 bridgehead atoms. The van der Waals surface area contributed by atoms with E-state index in [0.29, 0.717) is 11.4 Å². The van der Waals surface area contributed by atoms with Crippen LogP contribution in [0.3, 0.4) is 0 Å². The van der Waals surface area contributed by atoms with Gasteiger partial charge in [0.25, 0.3) is 0 Å². The maximum absolute atomic E-state index is 13.9. The summed E-state index contributed by atoms with van der Waals surface area (Å²) in [5, 5.41) is 0. The molecule has 0 fully saturated rings. The molecule has 2 N–H and O–H groups in total. The molecule has 0 amide bonds. The summed E-state index contributed by atoms with van der Waals surface area (Å²) in [6.45, 7) is 0. The molecular weight excluding hydrogens is 277 g/mol. The van der Waals surface area contributed by atoms with E-state index in [2.05, 4.69) is 12.1 Å². The Labute approximate surface area is 129 Å². The number of rotatable bonds is 4. The zero-order valence-electron chi connectivity index (χ0n) is 12.0. The number of nitrogens with two attached hydrogens (primary N) is 1. The van der Waals surface area contributed by atoms with Gasteiger partial charge in [0, 0.05) is 18.2 Å². The lowest BCUT2D eigenvalue weighted by Crippen LogP contribution is -1.96. The van der Waals surface area contributed by atoms with Gasteiger partial charge < -0.3 is 10.5 Å². The highest BCUT2D eigenvalue weighted by Crippen LogP contribution is 2.29. The molecule has 22 heavy (non-hydrogen) atoms. The summed E-state index contributed by atoms with van der Waals surface area (Å²) in [6, 6.07) is 22.2. The van der Waals surface area contributed by atoms with Gasteiger partial charge in [0.15, 0.2) is 11.6 Å². The number of nitrogen functional groups attached to an aromatic ring is 1. The zero-order chi connectivity index (χ0) is 15.4. The molecule has 3 aromatic rings. The molecule has 0 heterocycles. The van der Waals surface area contributed by atoms with Crippen LogP contribution >= 0.6 is 0 Å². The Morgan fingerprint density at radius 2 is 1.55 bits per heavy atom. The Hall–Kier alpha value is -2.81. The smallest absolute Gasteiger partial charge is 0.167 e. The largest absolute Gasteiger partial charge is 0.454 e. The Morgan fingerprint density at radius 1 is 0.818 bits per heavy atom. The number of para-hydroxylation sites is 1. The van der Waals surface area contributed by atoms with Gasteiger partial charge in [0.05, 0.1) is 0 Å². The maximum Gasteiger partial charge on any atom is 0.167 e. The highest BCUT2D eigenvalue weighted by Gasteiger charge is 2.09. The molecule has 2 nitrogen and oxygen atoms in total. The van der Waals surface area contributed by atoms with Gasteiger partial charge in [-0.25, -0.2) is 4.39 Å². The van der Waals surface area contributed by atoms with Crippen LogP contribution in [0.1, 0.15) is 11.1 Å². The van der Waals surface area contributed by atoms with Crippen molar-refractivity contribution < 1.29 is 9.13 Å². The first-order valence-corrected chi connectivity index (χ1v) is 7.07. The van der Waals surface area contributed by atoms with Crippen molar-refractivity contribution in [2.24, 2.45) is 0 Å². The van der Waals surface area contributed by atoms with E-state index in [0.717, 1.165) is 12.0 Å². The average Bonchev–Trinajstić information content (AvgIpc) is 2.53. The van der Waals surface area contributed by atoms with Gasteiger partial charge in [-0.2, -0.15) is 0 Å². The second-order valence-electron chi connectivity index (χ2n) is 5.06. The van der Waals surface area contributed by atoms with Crippen LogP contribution in [-0.4, -0.2) is 0 Å². The topological polar surface area (TPSA) is 35.2 Å². The summed E-state index contributed by atoms with van der Waals surface area (Å²) in [6.07, 6.45) is 0.730. The SMILES string of the molecule is Nc1ccc(Oc2ccccc2Cc2ccccc2)c(F)c1. The monoisotopic (exact) mass is 293 g/mol. The van der Waals surface area contributed by atoms with E-state index in [-0.39, 0.29) is 5.75 Å². The van der Waals surface area contributed by atoms with Gasteiger partial charge in [-0.3, -0.25) is 0 Å². The second-order valence-corrected chi connectivity index (χ2v) is 5.06. The molecule has 0 saturated carbocycles. The van der Waals surface area contributed by atoms with E-state index < -0.39 is 5.82 Å². The number of benzene rings is 3. The van der Waals surface area contributed by atoms with Crippen LogP contribution in [0.15, 0.2) is 72.8 Å². The molecule has 0 unspecified atom stereocenters. The van der Waals surface area contributed by atoms with E-state index in [1.807, 2.05) is 42.5 Å². The van der Waals surface area contributed by atoms with Crippen molar-refractivity contribution in [2.75, 3.05) is 5.73 Å². The van der Waals surface area contributed by atoms with Crippen LogP contribution in [0.4, 0.5) is 10.1 Å². The van der Waals surface area contributed by atoms with Crippen molar-refractivity contribution in [3.63, 3.8) is 0 Å². The molecule has 0 aromatic heterocycles. The lowest BCUT2D eigenvalue weighted by Gasteiger charge is -2.12. The normalized spacial score (nSPS) is 10.4. The third kappa shape index (κ3) is 3.26. The summed E-state index contributed by atoms with van der Waals surface area (Å²) in [7, 11) is 0. The maximum atomic E-state index is 13.9. The van der Waals surface area contributed by atoms with Gasteiger partial charge in [-0.05, 0) is 29.3 Å². The minimum atomic E-state index is -0.463. The third-order valence-corrected chi connectivity index (χ3v) is 3.39. The quantitative estimate of drug-likeness (QED) is 0.702. The first-order chi connectivity index (χ1) is 10.7. The van der Waals surface area contributed by atoms with Crippen LogP contribution in [0, 0.1) is 5.82 Å². The van der Waals surface area contributed by atoms with Gasteiger partial charge in [-0.15, -0.1) is 0 Å².